The highest BCUT2D eigenvalue weighted by Crippen LogP contribution is 2.31. The molecule has 0 radical (unpaired) electrons. The highest BCUT2D eigenvalue weighted by molar-refractivity contribution is 6.89. The first-order chi connectivity index (χ1) is 21.0. The molecule has 3 N–H and O–H groups in total. The van der Waals surface area contributed by atoms with Gasteiger partial charge in [-0.3, -0.25) is 14.2 Å². The van der Waals surface area contributed by atoms with Crippen LogP contribution in [0.15, 0.2) is 12.1 Å². The lowest BCUT2D eigenvalue weighted by Gasteiger charge is -2.43. The van der Waals surface area contributed by atoms with Crippen molar-refractivity contribution in [2.75, 3.05) is 39.3 Å². The van der Waals surface area contributed by atoms with Crippen molar-refractivity contribution in [3.05, 3.63) is 12.1 Å². The third-order valence-corrected chi connectivity index (χ3v) is 24.8. The number of likely N-dealkylation sites (tertiary alicyclic amines) is 2. The minimum absolute atomic E-state index is 0.0561. The van der Waals surface area contributed by atoms with Crippen LogP contribution in [0.1, 0.15) is 44.9 Å². The summed E-state index contributed by atoms with van der Waals surface area (Å²) >= 11 is 0. The topological polar surface area (TPSA) is 126 Å². The molecule has 0 aromatic carbocycles. The van der Waals surface area contributed by atoms with Crippen LogP contribution < -0.4 is 5.32 Å². The molecule has 3 heterocycles. The van der Waals surface area contributed by atoms with E-state index in [0.717, 1.165) is 83.0 Å². The normalized spacial score (nSPS) is 17.9. The zero-order valence-corrected chi connectivity index (χ0v) is 33.0. The highest BCUT2D eigenvalue weighted by Gasteiger charge is 2.45. The number of aromatic hydroxyl groups is 2. The van der Waals surface area contributed by atoms with E-state index in [9.17, 15) is 19.8 Å². The van der Waals surface area contributed by atoms with Gasteiger partial charge in [0.1, 0.15) is 0 Å². The quantitative estimate of drug-likeness (QED) is 0.119. The molecule has 3 rings (SSSR count). The second-order valence-corrected chi connectivity index (χ2v) is 30.6. The Kier molecular flexibility index (Phi) is 14.0. The Balaban J connectivity index is 1.56. The first-order valence-corrected chi connectivity index (χ1v) is 28.5. The summed E-state index contributed by atoms with van der Waals surface area (Å²) in [5, 5.41) is 23.2. The summed E-state index contributed by atoms with van der Waals surface area (Å²) in [6.07, 6.45) is 6.09. The number of hydrogen-bond acceptors (Lipinski definition) is 8. The van der Waals surface area contributed by atoms with Gasteiger partial charge < -0.3 is 37.7 Å². The number of carbonyl (C=O) groups excluding carboxylic acids is 2. The fourth-order valence-corrected chi connectivity index (χ4v) is 26.5. The third kappa shape index (κ3) is 12.9. The Hall–Kier alpha value is -1.47. The highest BCUT2D eigenvalue weighted by atomic mass is 28.5. The van der Waals surface area contributed by atoms with Crippen LogP contribution in [0.5, 0.6) is 11.8 Å². The summed E-state index contributed by atoms with van der Waals surface area (Å²) in [5.74, 6) is 0.666. The first-order valence-electron chi connectivity index (χ1n) is 16.9. The zero-order chi connectivity index (χ0) is 33.3. The third-order valence-electron chi connectivity index (χ3n) is 8.66. The van der Waals surface area contributed by atoms with Gasteiger partial charge in [-0.15, -0.1) is 0 Å². The fraction of sp³-hybridized carbons (Fsp3) is 0.800. The van der Waals surface area contributed by atoms with Gasteiger partial charge >= 0.3 is 17.1 Å². The predicted molar refractivity (Wildman–Crippen MR) is 188 cm³/mol. The van der Waals surface area contributed by atoms with E-state index in [2.05, 4.69) is 51.1 Å². The Labute approximate surface area is 275 Å². The molecule has 1 atom stereocenters. The van der Waals surface area contributed by atoms with E-state index < -0.39 is 33.8 Å². The molecule has 2 aliphatic rings. The van der Waals surface area contributed by atoms with Gasteiger partial charge in [0.05, 0.1) is 0 Å². The second-order valence-electron chi connectivity index (χ2n) is 14.6. The number of rotatable bonds is 21. The van der Waals surface area contributed by atoms with E-state index in [-0.39, 0.29) is 23.6 Å². The molecule has 1 aromatic heterocycles. The molecule has 15 heteroatoms. The summed E-state index contributed by atoms with van der Waals surface area (Å²) in [6, 6.07) is 5.77. The van der Waals surface area contributed by atoms with Crippen molar-refractivity contribution >= 4 is 45.6 Å². The van der Waals surface area contributed by atoms with E-state index >= 15 is 0 Å². The number of amides is 2. The molecule has 0 saturated carbocycles. The van der Waals surface area contributed by atoms with Crippen LogP contribution in [0.3, 0.4) is 0 Å². The van der Waals surface area contributed by atoms with Gasteiger partial charge in [-0.2, -0.15) is 0 Å². The molecule has 45 heavy (non-hydrogen) atoms. The molecule has 0 spiro atoms. The first kappa shape index (κ1) is 38.0. The summed E-state index contributed by atoms with van der Waals surface area (Å²) in [7, 11) is -9.33. The van der Waals surface area contributed by atoms with Crippen molar-refractivity contribution in [2.24, 2.45) is 0 Å². The SMILES string of the molecule is C[Si](C)(CCCN1CCCC1=O)O[Si](C)(C)O[Si](C)(CCCNCCn1c(O)ccc1O)O[Si](C)(C)CCCN1CCCC1=O. The smallest absolute Gasteiger partial charge is 0.315 e. The largest absolute Gasteiger partial charge is 0.494 e. The number of hydrogen-bond donors (Lipinski definition) is 3. The van der Waals surface area contributed by atoms with Crippen molar-refractivity contribution in [3.63, 3.8) is 0 Å². The van der Waals surface area contributed by atoms with E-state index in [1.807, 2.05) is 9.80 Å². The van der Waals surface area contributed by atoms with Crippen molar-refractivity contribution in [1.29, 1.82) is 0 Å². The van der Waals surface area contributed by atoms with Crippen molar-refractivity contribution in [2.45, 2.75) is 115 Å². The van der Waals surface area contributed by atoms with Crippen LogP contribution in [0.2, 0.25) is 64.0 Å². The molecule has 0 bridgehead atoms. The van der Waals surface area contributed by atoms with Crippen LogP contribution >= 0.6 is 0 Å². The molecule has 0 aliphatic carbocycles. The lowest BCUT2D eigenvalue weighted by Crippen LogP contribution is -2.58. The van der Waals surface area contributed by atoms with Crippen LogP contribution in [0.25, 0.3) is 0 Å². The van der Waals surface area contributed by atoms with E-state index in [0.29, 0.717) is 25.9 Å². The van der Waals surface area contributed by atoms with E-state index in [1.165, 1.54) is 16.7 Å². The monoisotopic (exact) mass is 700 g/mol. The van der Waals surface area contributed by atoms with Gasteiger partial charge in [0.25, 0.3) is 0 Å². The second kappa shape index (κ2) is 16.6. The summed E-state index contributed by atoms with van der Waals surface area (Å²) in [6.45, 7) is 20.8. The van der Waals surface area contributed by atoms with Crippen LogP contribution in [0, 0.1) is 0 Å². The average Bonchev–Trinajstić information content (AvgIpc) is 3.60. The van der Waals surface area contributed by atoms with Gasteiger partial charge in [-0.1, -0.05) is 0 Å². The molecule has 2 fully saturated rings. The molecule has 2 amide bonds. The molecule has 1 aromatic rings. The van der Waals surface area contributed by atoms with Crippen LogP contribution in [0.4, 0.5) is 0 Å². The Morgan fingerprint density at radius 2 is 1.20 bits per heavy atom. The van der Waals surface area contributed by atoms with Gasteiger partial charge in [0.2, 0.25) is 11.8 Å². The Morgan fingerprint density at radius 1 is 0.689 bits per heavy atom. The molecular weight excluding hydrogens is 641 g/mol. The van der Waals surface area contributed by atoms with Crippen molar-refractivity contribution in [3.8, 4) is 11.8 Å². The number of nitrogens with zero attached hydrogens (tertiary/aromatic N) is 3. The van der Waals surface area contributed by atoms with E-state index in [4.69, 9.17) is 12.3 Å². The Bertz CT molecular complexity index is 1100. The van der Waals surface area contributed by atoms with Crippen LogP contribution in [-0.4, -0.2) is 109 Å². The summed E-state index contributed by atoms with van der Waals surface area (Å²) in [4.78, 5) is 28.1. The van der Waals surface area contributed by atoms with Crippen molar-refractivity contribution in [1.82, 2.24) is 19.7 Å². The minimum Gasteiger partial charge on any atom is -0.494 e. The maximum Gasteiger partial charge on any atom is 0.315 e. The number of nitrogens with one attached hydrogen (secondary N) is 1. The lowest BCUT2D eigenvalue weighted by atomic mass is 10.4. The van der Waals surface area contributed by atoms with Gasteiger partial charge in [0, 0.05) is 64.2 Å². The van der Waals surface area contributed by atoms with Crippen molar-refractivity contribution < 1.29 is 32.1 Å². The Morgan fingerprint density at radius 3 is 1.69 bits per heavy atom. The van der Waals surface area contributed by atoms with Gasteiger partial charge in [-0.05, 0) is 103 Å². The summed E-state index contributed by atoms with van der Waals surface area (Å²) in [5.41, 5.74) is 0. The minimum atomic E-state index is -2.65. The molecule has 258 valence electrons. The number of aromatic nitrogens is 1. The van der Waals surface area contributed by atoms with Gasteiger partial charge in [0.15, 0.2) is 28.4 Å². The van der Waals surface area contributed by atoms with Gasteiger partial charge in [-0.25, -0.2) is 0 Å². The molecule has 1 unspecified atom stereocenters. The molecule has 2 saturated heterocycles. The average molecular weight is 701 g/mol. The zero-order valence-electron chi connectivity index (χ0n) is 29.0. The molecule has 2 aliphatic heterocycles. The summed E-state index contributed by atoms with van der Waals surface area (Å²) < 4.78 is 22.6. The maximum atomic E-state index is 12.1. The predicted octanol–water partition coefficient (Wildman–Crippen LogP) is 5.14. The fourth-order valence-electron chi connectivity index (χ4n) is 6.81. The standard InChI is InChI=1S/C30H60N4O7Si4/c1-42(2,24-11-21-32-19-8-13-27(32)35)39-44(5,6)41-45(7,26-10-17-31-18-23-34-29(37)15-16-30(34)38)40-43(3,4)25-12-22-33-20-9-14-28(33)36/h15-16,31,37-38H,8-14,17-26H2,1-7H3. The lowest BCUT2D eigenvalue weighted by molar-refractivity contribution is -0.128. The van der Waals surface area contributed by atoms with E-state index in [1.54, 1.807) is 0 Å². The molecular formula is C30H60N4O7Si4. The maximum absolute atomic E-state index is 12.1. The van der Waals surface area contributed by atoms with Crippen LogP contribution in [-0.2, 0) is 28.5 Å². The number of carbonyl (C=O) groups is 2. The molecule has 11 nitrogen and oxygen atoms in total.